The van der Waals surface area contributed by atoms with E-state index in [0.29, 0.717) is 22.7 Å². The van der Waals surface area contributed by atoms with Gasteiger partial charge in [0.05, 0.1) is 6.54 Å². The molecule has 0 spiro atoms. The summed E-state index contributed by atoms with van der Waals surface area (Å²) >= 11 is 5.08. The van der Waals surface area contributed by atoms with E-state index in [1.807, 2.05) is 6.92 Å². The van der Waals surface area contributed by atoms with Crippen LogP contribution in [0.2, 0.25) is 0 Å². The van der Waals surface area contributed by atoms with E-state index in [-0.39, 0.29) is 18.0 Å². The highest BCUT2D eigenvalue weighted by molar-refractivity contribution is 7.71. The Kier molecular flexibility index (Phi) is 4.37. The maximum Gasteiger partial charge on any atom is 0.251 e. The minimum absolute atomic E-state index is 0.212. The summed E-state index contributed by atoms with van der Waals surface area (Å²) in [5.41, 5.74) is 0.855. The van der Waals surface area contributed by atoms with E-state index in [9.17, 15) is 9.59 Å². The zero-order chi connectivity index (χ0) is 15.6. The Labute approximate surface area is 126 Å². The minimum atomic E-state index is -0.313. The van der Waals surface area contributed by atoms with Crippen molar-refractivity contribution in [2.45, 2.75) is 26.9 Å². The quantitative estimate of drug-likeness (QED) is 0.822. The van der Waals surface area contributed by atoms with Crippen LogP contribution in [0.25, 0.3) is 0 Å². The van der Waals surface area contributed by atoms with Crippen LogP contribution >= 0.6 is 12.2 Å². The van der Waals surface area contributed by atoms with Crippen molar-refractivity contribution >= 4 is 18.1 Å². The van der Waals surface area contributed by atoms with E-state index in [2.05, 4.69) is 15.5 Å². The molecule has 0 atom stereocenters. The summed E-state index contributed by atoms with van der Waals surface area (Å²) in [4.78, 5) is 23.8. The van der Waals surface area contributed by atoms with Gasteiger partial charge in [-0.25, -0.2) is 0 Å². The predicted octanol–water partition coefficient (Wildman–Crippen LogP) is 0.898. The summed E-state index contributed by atoms with van der Waals surface area (Å²) in [5, 5.41) is 9.50. The molecule has 21 heavy (non-hydrogen) atoms. The van der Waals surface area contributed by atoms with Crippen molar-refractivity contribution in [1.29, 1.82) is 0 Å². The van der Waals surface area contributed by atoms with Crippen LogP contribution in [-0.2, 0) is 20.1 Å². The average Bonchev–Trinajstić information content (AvgIpc) is 2.81. The van der Waals surface area contributed by atoms with Crippen molar-refractivity contribution in [3.8, 4) is 0 Å². The molecule has 8 heteroatoms. The molecule has 0 fully saturated rings. The van der Waals surface area contributed by atoms with E-state index < -0.39 is 0 Å². The molecule has 2 rings (SSSR count). The van der Waals surface area contributed by atoms with Crippen LogP contribution < -0.4 is 10.9 Å². The number of aromatic nitrogens is 4. The lowest BCUT2D eigenvalue weighted by atomic mass is 10.2. The van der Waals surface area contributed by atoms with Crippen LogP contribution in [0.3, 0.4) is 0 Å². The van der Waals surface area contributed by atoms with Gasteiger partial charge in [-0.05, 0) is 32.1 Å². The van der Waals surface area contributed by atoms with Crippen LogP contribution in [-0.4, -0.2) is 25.2 Å². The molecular weight excluding hydrogens is 290 g/mol. The highest BCUT2D eigenvalue weighted by Crippen LogP contribution is 2.02. The second-order valence-electron chi connectivity index (χ2n) is 4.65. The number of rotatable bonds is 4. The van der Waals surface area contributed by atoms with E-state index >= 15 is 0 Å². The van der Waals surface area contributed by atoms with E-state index in [1.165, 1.54) is 10.6 Å². The van der Waals surface area contributed by atoms with Gasteiger partial charge in [0.15, 0.2) is 10.6 Å². The summed E-state index contributed by atoms with van der Waals surface area (Å²) in [6.07, 6.45) is 0. The van der Waals surface area contributed by atoms with Gasteiger partial charge in [0, 0.05) is 30.9 Å². The van der Waals surface area contributed by atoms with Crippen molar-refractivity contribution in [3.05, 3.63) is 44.3 Å². The molecule has 2 N–H and O–H groups in total. The molecule has 0 saturated carbocycles. The second-order valence-corrected chi connectivity index (χ2v) is 5.04. The number of carbonyl (C=O) groups is 1. The second kappa shape index (κ2) is 6.04. The molecule has 1 amide bonds. The van der Waals surface area contributed by atoms with Gasteiger partial charge in [0.25, 0.3) is 11.5 Å². The summed E-state index contributed by atoms with van der Waals surface area (Å²) < 4.78 is 3.80. The standard InChI is InChI=1S/C13H17N5O2S/c1-4-18-10(15-16-13(18)21)7-14-12(20)9-5-8(2)17(3)11(19)6-9/h5-6H,4,7H2,1-3H3,(H,14,20)(H,16,21). The summed E-state index contributed by atoms with van der Waals surface area (Å²) in [7, 11) is 1.67. The van der Waals surface area contributed by atoms with Crippen LogP contribution in [0.4, 0.5) is 0 Å². The highest BCUT2D eigenvalue weighted by atomic mass is 32.1. The number of aromatic amines is 1. The third-order valence-electron chi connectivity index (χ3n) is 3.33. The van der Waals surface area contributed by atoms with Crippen molar-refractivity contribution in [2.24, 2.45) is 7.05 Å². The number of carbonyl (C=O) groups excluding carboxylic acids is 1. The van der Waals surface area contributed by atoms with Gasteiger partial charge in [-0.3, -0.25) is 14.7 Å². The topological polar surface area (TPSA) is 84.7 Å². The number of hydrogen-bond acceptors (Lipinski definition) is 4. The van der Waals surface area contributed by atoms with Gasteiger partial charge in [0.2, 0.25) is 0 Å². The Hall–Kier alpha value is -2.22. The molecule has 2 heterocycles. The average molecular weight is 307 g/mol. The third-order valence-corrected chi connectivity index (χ3v) is 3.64. The van der Waals surface area contributed by atoms with Crippen molar-refractivity contribution in [2.75, 3.05) is 0 Å². The molecule has 0 unspecified atom stereocenters. The van der Waals surface area contributed by atoms with Gasteiger partial charge in [-0.1, -0.05) is 0 Å². The molecule has 0 aromatic carbocycles. The number of amides is 1. The zero-order valence-electron chi connectivity index (χ0n) is 12.1. The first kappa shape index (κ1) is 15.2. The molecule has 0 saturated heterocycles. The first-order chi connectivity index (χ1) is 9.93. The lowest BCUT2D eigenvalue weighted by molar-refractivity contribution is 0.0949. The summed E-state index contributed by atoms with van der Waals surface area (Å²) in [5.74, 6) is 0.337. The van der Waals surface area contributed by atoms with Crippen LogP contribution in [0.15, 0.2) is 16.9 Å². The Morgan fingerprint density at radius 1 is 1.48 bits per heavy atom. The molecule has 0 aliphatic carbocycles. The normalized spacial score (nSPS) is 10.6. The number of hydrogen-bond donors (Lipinski definition) is 2. The fourth-order valence-corrected chi connectivity index (χ4v) is 2.25. The number of aryl methyl sites for hydroxylation is 1. The lowest BCUT2D eigenvalue weighted by Gasteiger charge is -2.08. The molecule has 0 aliphatic rings. The van der Waals surface area contributed by atoms with Crippen LogP contribution in [0, 0.1) is 11.7 Å². The molecule has 7 nitrogen and oxygen atoms in total. The maximum atomic E-state index is 12.1. The van der Waals surface area contributed by atoms with Crippen molar-refractivity contribution in [3.63, 3.8) is 0 Å². The van der Waals surface area contributed by atoms with E-state index in [0.717, 1.165) is 5.69 Å². The summed E-state index contributed by atoms with van der Waals surface area (Å²) in [6.45, 7) is 4.64. The summed E-state index contributed by atoms with van der Waals surface area (Å²) in [6, 6.07) is 2.99. The molecule has 2 aromatic heterocycles. The van der Waals surface area contributed by atoms with E-state index in [1.54, 1.807) is 24.6 Å². The van der Waals surface area contributed by atoms with Crippen LogP contribution in [0.5, 0.6) is 0 Å². The van der Waals surface area contributed by atoms with Gasteiger partial charge in [-0.2, -0.15) is 5.10 Å². The number of pyridine rings is 1. The predicted molar refractivity (Wildman–Crippen MR) is 80.7 cm³/mol. The Balaban J connectivity index is 2.15. The Bertz CT molecular complexity index is 787. The number of nitrogens with zero attached hydrogens (tertiary/aromatic N) is 3. The first-order valence-electron chi connectivity index (χ1n) is 6.54. The minimum Gasteiger partial charge on any atom is -0.345 e. The Morgan fingerprint density at radius 3 is 2.81 bits per heavy atom. The third kappa shape index (κ3) is 3.10. The fourth-order valence-electron chi connectivity index (χ4n) is 1.97. The van der Waals surface area contributed by atoms with Gasteiger partial charge in [-0.15, -0.1) is 0 Å². The largest absolute Gasteiger partial charge is 0.345 e. The molecule has 0 bridgehead atoms. The lowest BCUT2D eigenvalue weighted by Crippen LogP contribution is -2.28. The zero-order valence-corrected chi connectivity index (χ0v) is 13.0. The monoisotopic (exact) mass is 307 g/mol. The highest BCUT2D eigenvalue weighted by Gasteiger charge is 2.11. The first-order valence-corrected chi connectivity index (χ1v) is 6.94. The molecular formula is C13H17N5O2S. The maximum absolute atomic E-state index is 12.1. The van der Waals surface area contributed by atoms with Gasteiger partial charge in [0.1, 0.15) is 0 Å². The molecule has 0 radical (unpaired) electrons. The fraction of sp³-hybridized carbons (Fsp3) is 0.385. The molecule has 0 aliphatic heterocycles. The van der Waals surface area contributed by atoms with E-state index in [4.69, 9.17) is 12.2 Å². The van der Waals surface area contributed by atoms with Gasteiger partial charge >= 0.3 is 0 Å². The Morgan fingerprint density at radius 2 is 2.19 bits per heavy atom. The molecule has 2 aromatic rings. The smallest absolute Gasteiger partial charge is 0.251 e. The van der Waals surface area contributed by atoms with Crippen LogP contribution in [0.1, 0.15) is 28.8 Å². The number of nitrogens with one attached hydrogen (secondary N) is 2. The SMILES string of the molecule is CCn1c(CNC(=O)c2cc(C)n(C)c(=O)c2)n[nH]c1=S. The van der Waals surface area contributed by atoms with Gasteiger partial charge < -0.3 is 14.5 Å². The molecule has 112 valence electrons. The van der Waals surface area contributed by atoms with Crippen molar-refractivity contribution < 1.29 is 4.79 Å². The number of H-pyrrole nitrogens is 1. The van der Waals surface area contributed by atoms with Crippen molar-refractivity contribution in [1.82, 2.24) is 24.6 Å².